The number of aromatic nitrogens is 1. The molecule has 0 amide bonds. The van der Waals surface area contributed by atoms with E-state index in [4.69, 9.17) is 23.2 Å². The molecule has 16 heavy (non-hydrogen) atoms. The lowest BCUT2D eigenvalue weighted by atomic mass is 10.1. The van der Waals surface area contributed by atoms with Gasteiger partial charge >= 0.3 is 0 Å². The Balaban J connectivity index is 2.62. The van der Waals surface area contributed by atoms with Crippen molar-refractivity contribution in [2.45, 2.75) is 6.92 Å². The summed E-state index contributed by atoms with van der Waals surface area (Å²) in [6.07, 6.45) is 0. The Bertz CT molecular complexity index is 570. The van der Waals surface area contributed by atoms with Gasteiger partial charge in [-0.25, -0.2) is 0 Å². The van der Waals surface area contributed by atoms with Crippen LogP contribution >= 0.6 is 23.2 Å². The molecular weight excluding hydrogens is 245 g/mol. The van der Waals surface area contributed by atoms with Crippen LogP contribution in [0, 0.1) is 6.92 Å². The van der Waals surface area contributed by atoms with E-state index in [2.05, 4.69) is 4.98 Å². The van der Waals surface area contributed by atoms with Crippen molar-refractivity contribution in [3.8, 4) is 11.1 Å². The third kappa shape index (κ3) is 2.46. The number of aryl methyl sites for hydroxylation is 1. The standard InChI is InChI=1S/C12H9Cl2NO/c1-7-2-8(5-12(16)15-7)9-3-10(13)6-11(14)4-9/h2-6H,1H3,(H,15,16). The van der Waals surface area contributed by atoms with Gasteiger partial charge in [-0.3, -0.25) is 4.79 Å². The molecule has 0 bridgehead atoms. The summed E-state index contributed by atoms with van der Waals surface area (Å²) in [4.78, 5) is 14.0. The van der Waals surface area contributed by atoms with Crippen LogP contribution in [0.3, 0.4) is 0 Å². The summed E-state index contributed by atoms with van der Waals surface area (Å²) < 4.78 is 0. The van der Waals surface area contributed by atoms with Crippen LogP contribution < -0.4 is 5.56 Å². The number of hydrogen-bond donors (Lipinski definition) is 1. The van der Waals surface area contributed by atoms with Crippen molar-refractivity contribution in [3.05, 3.63) is 56.4 Å². The fourth-order valence-electron chi connectivity index (χ4n) is 1.57. The monoisotopic (exact) mass is 253 g/mol. The predicted octanol–water partition coefficient (Wildman–Crippen LogP) is 3.66. The van der Waals surface area contributed by atoms with Crippen molar-refractivity contribution in [1.29, 1.82) is 0 Å². The number of halogens is 2. The SMILES string of the molecule is Cc1cc(-c2cc(Cl)cc(Cl)c2)cc(=O)[nH]1. The zero-order valence-corrected chi connectivity index (χ0v) is 10.1. The minimum Gasteiger partial charge on any atom is -0.326 e. The zero-order chi connectivity index (χ0) is 11.7. The van der Waals surface area contributed by atoms with Crippen molar-refractivity contribution in [2.75, 3.05) is 0 Å². The van der Waals surface area contributed by atoms with Gasteiger partial charge in [-0.05, 0) is 42.3 Å². The number of hydrogen-bond acceptors (Lipinski definition) is 1. The van der Waals surface area contributed by atoms with Gasteiger partial charge < -0.3 is 4.98 Å². The predicted molar refractivity (Wildman–Crippen MR) is 67.3 cm³/mol. The fourth-order valence-corrected chi connectivity index (χ4v) is 2.10. The first-order valence-corrected chi connectivity index (χ1v) is 5.47. The molecular formula is C12H9Cl2NO. The molecule has 0 fully saturated rings. The maximum atomic E-state index is 11.3. The lowest BCUT2D eigenvalue weighted by molar-refractivity contribution is 1.14. The lowest BCUT2D eigenvalue weighted by Crippen LogP contribution is -2.05. The number of H-pyrrole nitrogens is 1. The lowest BCUT2D eigenvalue weighted by Gasteiger charge is -2.04. The molecule has 2 nitrogen and oxygen atoms in total. The molecule has 0 aliphatic heterocycles. The van der Waals surface area contributed by atoms with E-state index in [0.29, 0.717) is 10.0 Å². The molecule has 0 unspecified atom stereocenters. The molecule has 4 heteroatoms. The minimum atomic E-state index is -0.133. The topological polar surface area (TPSA) is 32.9 Å². The summed E-state index contributed by atoms with van der Waals surface area (Å²) >= 11 is 11.8. The molecule has 1 aromatic carbocycles. The molecule has 0 saturated heterocycles. The van der Waals surface area contributed by atoms with Crippen LogP contribution in [0.25, 0.3) is 11.1 Å². The Hall–Kier alpha value is -1.25. The second kappa shape index (κ2) is 4.32. The van der Waals surface area contributed by atoms with E-state index in [-0.39, 0.29) is 5.56 Å². The van der Waals surface area contributed by atoms with E-state index in [1.165, 1.54) is 6.07 Å². The maximum absolute atomic E-state index is 11.3. The second-order valence-electron chi connectivity index (χ2n) is 3.57. The molecule has 0 aliphatic rings. The summed E-state index contributed by atoms with van der Waals surface area (Å²) in [6.45, 7) is 1.83. The van der Waals surface area contributed by atoms with Crippen LogP contribution in [0.4, 0.5) is 0 Å². The normalized spacial score (nSPS) is 10.4. The van der Waals surface area contributed by atoms with Gasteiger partial charge in [-0.2, -0.15) is 0 Å². The molecule has 0 spiro atoms. The smallest absolute Gasteiger partial charge is 0.248 e. The van der Waals surface area contributed by atoms with Crippen LogP contribution in [0.1, 0.15) is 5.69 Å². The number of nitrogens with one attached hydrogen (secondary N) is 1. The third-order valence-corrected chi connectivity index (χ3v) is 2.61. The Morgan fingerprint density at radius 3 is 2.06 bits per heavy atom. The van der Waals surface area contributed by atoms with Gasteiger partial charge in [0.25, 0.3) is 0 Å². The van der Waals surface area contributed by atoms with Gasteiger partial charge in [-0.15, -0.1) is 0 Å². The second-order valence-corrected chi connectivity index (χ2v) is 4.45. The largest absolute Gasteiger partial charge is 0.326 e. The Kier molecular flexibility index (Phi) is 3.03. The number of pyridine rings is 1. The van der Waals surface area contributed by atoms with Gasteiger partial charge in [0.1, 0.15) is 0 Å². The molecule has 0 atom stereocenters. The first-order chi connectivity index (χ1) is 7.54. The van der Waals surface area contributed by atoms with E-state index in [1.807, 2.05) is 13.0 Å². The molecule has 1 N–H and O–H groups in total. The number of benzene rings is 1. The van der Waals surface area contributed by atoms with Gasteiger partial charge in [0.05, 0.1) is 0 Å². The summed E-state index contributed by atoms with van der Waals surface area (Å²) in [5, 5.41) is 1.11. The average Bonchev–Trinajstić information content (AvgIpc) is 2.14. The Morgan fingerprint density at radius 2 is 1.50 bits per heavy atom. The van der Waals surface area contributed by atoms with Crippen molar-refractivity contribution >= 4 is 23.2 Å². The van der Waals surface area contributed by atoms with E-state index in [1.54, 1.807) is 18.2 Å². The quantitative estimate of drug-likeness (QED) is 0.827. The highest BCUT2D eigenvalue weighted by atomic mass is 35.5. The van der Waals surface area contributed by atoms with Crippen LogP contribution in [-0.4, -0.2) is 4.98 Å². The third-order valence-electron chi connectivity index (χ3n) is 2.17. The van der Waals surface area contributed by atoms with Gasteiger partial charge in [0.15, 0.2) is 0 Å². The van der Waals surface area contributed by atoms with E-state index in [9.17, 15) is 4.79 Å². The van der Waals surface area contributed by atoms with Crippen LogP contribution in [0.2, 0.25) is 10.0 Å². The summed E-state index contributed by atoms with van der Waals surface area (Å²) in [6, 6.07) is 8.62. The van der Waals surface area contributed by atoms with Crippen molar-refractivity contribution in [2.24, 2.45) is 0 Å². The molecule has 1 aromatic heterocycles. The van der Waals surface area contributed by atoms with E-state index >= 15 is 0 Å². The molecule has 0 aliphatic carbocycles. The molecule has 1 heterocycles. The number of rotatable bonds is 1. The maximum Gasteiger partial charge on any atom is 0.248 e. The van der Waals surface area contributed by atoms with Crippen molar-refractivity contribution < 1.29 is 0 Å². The first kappa shape index (κ1) is 11.2. The van der Waals surface area contributed by atoms with Gasteiger partial charge in [0.2, 0.25) is 5.56 Å². The Labute approximate surface area is 103 Å². The highest BCUT2D eigenvalue weighted by molar-refractivity contribution is 6.35. The highest BCUT2D eigenvalue weighted by Crippen LogP contribution is 2.26. The van der Waals surface area contributed by atoms with Crippen LogP contribution in [0.15, 0.2) is 35.1 Å². The Morgan fingerprint density at radius 1 is 0.938 bits per heavy atom. The summed E-state index contributed by atoms with van der Waals surface area (Å²) in [5.74, 6) is 0. The van der Waals surface area contributed by atoms with Crippen LogP contribution in [-0.2, 0) is 0 Å². The molecule has 2 aromatic rings. The average molecular weight is 254 g/mol. The van der Waals surface area contributed by atoms with Gasteiger partial charge in [-0.1, -0.05) is 23.2 Å². The number of aromatic amines is 1. The zero-order valence-electron chi connectivity index (χ0n) is 8.55. The molecule has 82 valence electrons. The summed E-state index contributed by atoms with van der Waals surface area (Å²) in [5.41, 5.74) is 2.32. The molecule has 0 saturated carbocycles. The van der Waals surface area contributed by atoms with Crippen LogP contribution in [0.5, 0.6) is 0 Å². The molecule has 0 radical (unpaired) electrons. The van der Waals surface area contributed by atoms with E-state index in [0.717, 1.165) is 16.8 Å². The van der Waals surface area contributed by atoms with E-state index < -0.39 is 0 Å². The fraction of sp³-hybridized carbons (Fsp3) is 0.0833. The van der Waals surface area contributed by atoms with Crippen molar-refractivity contribution in [1.82, 2.24) is 4.98 Å². The minimum absolute atomic E-state index is 0.133. The highest BCUT2D eigenvalue weighted by Gasteiger charge is 2.03. The van der Waals surface area contributed by atoms with Gasteiger partial charge in [0, 0.05) is 21.8 Å². The first-order valence-electron chi connectivity index (χ1n) is 4.72. The molecule has 2 rings (SSSR count). The van der Waals surface area contributed by atoms with Crippen molar-refractivity contribution in [3.63, 3.8) is 0 Å². The summed E-state index contributed by atoms with van der Waals surface area (Å²) in [7, 11) is 0.